The third-order valence-electron chi connectivity index (χ3n) is 3.97. The number of hydrogen-bond donors (Lipinski definition) is 4. The van der Waals surface area contributed by atoms with Gasteiger partial charge in [-0.15, -0.1) is 0 Å². The molecule has 1 aliphatic heterocycles. The molecule has 23 heavy (non-hydrogen) atoms. The Hall–Kier alpha value is -3.02. The number of carbonyl (C=O) groups is 2. The smallest absolute Gasteiger partial charge is 0.303 e. The maximum absolute atomic E-state index is 12.1. The maximum Gasteiger partial charge on any atom is 0.303 e. The van der Waals surface area contributed by atoms with Gasteiger partial charge in [0.15, 0.2) is 0 Å². The molecular formula is C17H16N2O4. The van der Waals surface area contributed by atoms with Gasteiger partial charge in [-0.05, 0) is 42.7 Å². The lowest BCUT2D eigenvalue weighted by Gasteiger charge is -2.00. The Labute approximate surface area is 132 Å². The number of hydrogen-bond acceptors (Lipinski definition) is 3. The monoisotopic (exact) mass is 312 g/mol. The number of benzene rings is 1. The summed E-state index contributed by atoms with van der Waals surface area (Å²) in [6.07, 6.45) is 4.03. The third-order valence-corrected chi connectivity index (χ3v) is 3.97. The molecule has 0 radical (unpaired) electrons. The van der Waals surface area contributed by atoms with E-state index in [4.69, 9.17) is 5.11 Å². The van der Waals surface area contributed by atoms with E-state index in [9.17, 15) is 14.7 Å². The molecule has 1 aromatic carbocycles. The summed E-state index contributed by atoms with van der Waals surface area (Å²) in [4.78, 5) is 25.9. The van der Waals surface area contributed by atoms with Crippen molar-refractivity contribution in [3.05, 3.63) is 46.8 Å². The van der Waals surface area contributed by atoms with Crippen molar-refractivity contribution in [1.82, 2.24) is 4.98 Å². The maximum atomic E-state index is 12.1. The number of H-pyrrole nitrogens is 1. The van der Waals surface area contributed by atoms with Crippen LogP contribution in [-0.2, 0) is 16.0 Å². The fourth-order valence-electron chi connectivity index (χ4n) is 2.68. The largest absolute Gasteiger partial charge is 0.508 e. The highest BCUT2D eigenvalue weighted by atomic mass is 16.4. The van der Waals surface area contributed by atoms with Crippen LogP contribution in [-0.4, -0.2) is 27.1 Å². The van der Waals surface area contributed by atoms with Gasteiger partial charge in [-0.2, -0.15) is 0 Å². The molecular weight excluding hydrogens is 296 g/mol. The van der Waals surface area contributed by atoms with Gasteiger partial charge in [0.25, 0.3) is 5.91 Å². The zero-order chi connectivity index (χ0) is 16.6. The van der Waals surface area contributed by atoms with Gasteiger partial charge in [-0.3, -0.25) is 9.59 Å². The molecule has 2 heterocycles. The number of carboxylic acid groups (broad SMARTS) is 1. The lowest BCUT2D eigenvalue weighted by molar-refractivity contribution is -0.137. The number of amides is 1. The highest BCUT2D eigenvalue weighted by Gasteiger charge is 2.24. The molecule has 1 aliphatic rings. The van der Waals surface area contributed by atoms with Crippen molar-refractivity contribution in [2.24, 2.45) is 0 Å². The zero-order valence-electron chi connectivity index (χ0n) is 12.5. The van der Waals surface area contributed by atoms with E-state index < -0.39 is 5.97 Å². The van der Waals surface area contributed by atoms with Crippen molar-refractivity contribution in [3.8, 4) is 5.75 Å². The van der Waals surface area contributed by atoms with E-state index in [2.05, 4.69) is 10.3 Å². The van der Waals surface area contributed by atoms with Crippen LogP contribution < -0.4 is 5.32 Å². The highest BCUT2D eigenvalue weighted by Crippen LogP contribution is 2.35. The second-order valence-electron chi connectivity index (χ2n) is 5.49. The van der Waals surface area contributed by atoms with Crippen LogP contribution in [0.2, 0.25) is 0 Å². The quantitative estimate of drug-likeness (QED) is 0.651. The van der Waals surface area contributed by atoms with Crippen LogP contribution in [0.4, 0.5) is 5.69 Å². The number of rotatable bonds is 4. The third kappa shape index (κ3) is 2.83. The Kier molecular flexibility index (Phi) is 3.65. The van der Waals surface area contributed by atoms with Crippen LogP contribution >= 0.6 is 0 Å². The van der Waals surface area contributed by atoms with E-state index in [0.717, 1.165) is 22.4 Å². The van der Waals surface area contributed by atoms with E-state index in [1.807, 2.05) is 6.92 Å². The number of aryl methyl sites for hydroxylation is 1. The first kappa shape index (κ1) is 14.9. The standard InChI is InChI=1S/C17H16N2O4/c1-9-10(2-5-16(21)22)8-18-14(9)7-13-12-4-3-11(20)6-15(12)19-17(13)23/h3-4,6-8,18,20H,2,5H2,1H3,(H,19,23)(H,21,22). The minimum absolute atomic E-state index is 0.0668. The van der Waals surface area contributed by atoms with E-state index >= 15 is 0 Å². The number of fused-ring (bicyclic) bond motifs is 1. The number of aliphatic carboxylic acids is 1. The molecule has 0 fully saturated rings. The van der Waals surface area contributed by atoms with Crippen LogP contribution in [0, 0.1) is 6.92 Å². The second-order valence-corrected chi connectivity index (χ2v) is 5.49. The number of aromatic amines is 1. The molecule has 2 aromatic rings. The van der Waals surface area contributed by atoms with Crippen LogP contribution in [0.15, 0.2) is 24.4 Å². The summed E-state index contributed by atoms with van der Waals surface area (Å²) in [7, 11) is 0. The molecule has 3 rings (SSSR count). The van der Waals surface area contributed by atoms with Crippen LogP contribution in [0.3, 0.4) is 0 Å². The summed E-state index contributed by atoms with van der Waals surface area (Å²) in [5, 5.41) is 21.0. The van der Waals surface area contributed by atoms with Crippen LogP contribution in [0.1, 0.15) is 28.8 Å². The van der Waals surface area contributed by atoms with Gasteiger partial charge in [0.05, 0.1) is 11.3 Å². The minimum Gasteiger partial charge on any atom is -0.508 e. The Morgan fingerprint density at radius 3 is 2.87 bits per heavy atom. The summed E-state index contributed by atoms with van der Waals surface area (Å²) < 4.78 is 0. The number of carboxylic acids is 1. The Balaban J connectivity index is 1.94. The number of nitrogens with one attached hydrogen (secondary N) is 2. The van der Waals surface area contributed by atoms with Crippen LogP contribution in [0.25, 0.3) is 11.6 Å². The number of anilines is 1. The van der Waals surface area contributed by atoms with Gasteiger partial charge in [-0.1, -0.05) is 0 Å². The Morgan fingerprint density at radius 1 is 1.35 bits per heavy atom. The van der Waals surface area contributed by atoms with Crippen molar-refractivity contribution in [2.75, 3.05) is 5.32 Å². The van der Waals surface area contributed by atoms with Crippen molar-refractivity contribution in [3.63, 3.8) is 0 Å². The van der Waals surface area contributed by atoms with E-state index in [1.165, 1.54) is 12.1 Å². The lowest BCUT2D eigenvalue weighted by atomic mass is 10.0. The van der Waals surface area contributed by atoms with Gasteiger partial charge in [0, 0.05) is 29.9 Å². The van der Waals surface area contributed by atoms with Crippen molar-refractivity contribution < 1.29 is 19.8 Å². The molecule has 0 atom stereocenters. The first-order valence-corrected chi connectivity index (χ1v) is 7.21. The molecule has 0 aliphatic carbocycles. The molecule has 1 aromatic heterocycles. The number of phenols is 1. The molecule has 0 unspecified atom stereocenters. The van der Waals surface area contributed by atoms with Crippen molar-refractivity contribution in [1.29, 1.82) is 0 Å². The predicted octanol–water partition coefficient (Wildman–Crippen LogP) is 2.54. The minimum atomic E-state index is -0.839. The van der Waals surface area contributed by atoms with Crippen LogP contribution in [0.5, 0.6) is 5.75 Å². The summed E-state index contributed by atoms with van der Waals surface area (Å²) >= 11 is 0. The van der Waals surface area contributed by atoms with Gasteiger partial charge in [0.1, 0.15) is 5.75 Å². The topological polar surface area (TPSA) is 102 Å². The first-order chi connectivity index (χ1) is 11.0. The number of phenolic OH excluding ortho intramolecular Hbond substituents is 1. The van der Waals surface area contributed by atoms with Gasteiger partial charge >= 0.3 is 5.97 Å². The normalized spacial score (nSPS) is 14.8. The highest BCUT2D eigenvalue weighted by molar-refractivity contribution is 6.34. The second kappa shape index (κ2) is 5.64. The fourth-order valence-corrected chi connectivity index (χ4v) is 2.68. The number of carbonyl (C=O) groups excluding carboxylic acids is 1. The first-order valence-electron chi connectivity index (χ1n) is 7.21. The molecule has 1 amide bonds. The average molecular weight is 312 g/mol. The zero-order valence-corrected chi connectivity index (χ0v) is 12.5. The number of aromatic nitrogens is 1. The fraction of sp³-hybridized carbons (Fsp3) is 0.176. The predicted molar refractivity (Wildman–Crippen MR) is 86.1 cm³/mol. The summed E-state index contributed by atoms with van der Waals surface area (Å²) in [6.45, 7) is 1.89. The Bertz CT molecular complexity index is 833. The molecule has 0 bridgehead atoms. The van der Waals surface area contributed by atoms with E-state index in [1.54, 1.807) is 18.3 Å². The Morgan fingerprint density at radius 2 is 2.13 bits per heavy atom. The molecule has 0 spiro atoms. The summed E-state index contributed by atoms with van der Waals surface area (Å²) in [5.74, 6) is -0.974. The van der Waals surface area contributed by atoms with Crippen molar-refractivity contribution in [2.45, 2.75) is 19.8 Å². The summed E-state index contributed by atoms with van der Waals surface area (Å²) in [6, 6.07) is 4.73. The van der Waals surface area contributed by atoms with Gasteiger partial charge < -0.3 is 20.5 Å². The number of aromatic hydroxyl groups is 1. The molecule has 0 saturated heterocycles. The van der Waals surface area contributed by atoms with E-state index in [-0.39, 0.29) is 18.1 Å². The van der Waals surface area contributed by atoms with E-state index in [0.29, 0.717) is 17.7 Å². The average Bonchev–Trinajstić information content (AvgIpc) is 2.98. The van der Waals surface area contributed by atoms with Gasteiger partial charge in [0.2, 0.25) is 0 Å². The molecule has 4 N–H and O–H groups in total. The van der Waals surface area contributed by atoms with Gasteiger partial charge in [-0.25, -0.2) is 0 Å². The van der Waals surface area contributed by atoms with Crippen molar-refractivity contribution >= 4 is 29.2 Å². The summed E-state index contributed by atoms with van der Waals surface area (Å²) in [5.41, 5.74) is 4.44. The molecule has 6 heteroatoms. The SMILES string of the molecule is Cc1c(CCC(=O)O)c[nH]c1C=C1C(=O)Nc2cc(O)ccc21. The molecule has 0 saturated carbocycles. The molecule has 118 valence electrons. The lowest BCUT2D eigenvalue weighted by Crippen LogP contribution is -2.03. The molecule has 6 nitrogen and oxygen atoms in total.